The van der Waals surface area contributed by atoms with Crippen molar-refractivity contribution in [1.29, 1.82) is 0 Å². The molecule has 4 aliphatic heterocycles. The van der Waals surface area contributed by atoms with Gasteiger partial charge in [0.1, 0.15) is 54.0 Å². The monoisotopic (exact) mass is 796 g/mol. The predicted octanol–water partition coefficient (Wildman–Crippen LogP) is 2.45. The van der Waals surface area contributed by atoms with Gasteiger partial charge in [-0.05, 0) is 82.4 Å². The highest BCUT2D eigenvalue weighted by Crippen LogP contribution is 2.29. The van der Waals surface area contributed by atoms with Gasteiger partial charge in [-0.3, -0.25) is 28.8 Å². The molecule has 6 amide bonds. The minimum atomic E-state index is -1.60. The van der Waals surface area contributed by atoms with Gasteiger partial charge < -0.3 is 35.4 Å². The number of amides is 6. The van der Waals surface area contributed by atoms with Crippen molar-refractivity contribution in [3.63, 3.8) is 0 Å². The maximum atomic E-state index is 14.6. The van der Waals surface area contributed by atoms with Crippen LogP contribution >= 0.6 is 0 Å². The molecule has 1 aromatic carbocycles. The van der Waals surface area contributed by atoms with Crippen molar-refractivity contribution >= 4 is 41.4 Å². The summed E-state index contributed by atoms with van der Waals surface area (Å²) >= 11 is 0. The van der Waals surface area contributed by atoms with E-state index in [1.807, 2.05) is 19.9 Å². The third-order valence-electron chi connectivity index (χ3n) is 11.0. The van der Waals surface area contributed by atoms with E-state index in [9.17, 15) is 42.3 Å². The van der Waals surface area contributed by atoms with Crippen LogP contribution in [0.5, 0.6) is 0 Å². The van der Waals surface area contributed by atoms with Crippen LogP contribution in [0, 0.1) is 17.6 Å². The molecule has 0 radical (unpaired) electrons. The van der Waals surface area contributed by atoms with Gasteiger partial charge in [0.15, 0.2) is 0 Å². The topological polar surface area (TPSA) is 175 Å². The lowest BCUT2D eigenvalue weighted by Crippen LogP contribution is -2.63. The molecule has 14 nitrogen and oxygen atoms in total. The summed E-state index contributed by atoms with van der Waals surface area (Å²) < 4.78 is 34.4. The molecule has 0 spiro atoms. The Morgan fingerprint density at radius 3 is 2.28 bits per heavy atom. The van der Waals surface area contributed by atoms with Crippen molar-refractivity contribution in [1.82, 2.24) is 30.7 Å². The van der Waals surface area contributed by atoms with E-state index in [0.29, 0.717) is 31.7 Å². The molecule has 4 saturated heterocycles. The van der Waals surface area contributed by atoms with Crippen molar-refractivity contribution in [3.8, 4) is 0 Å². The van der Waals surface area contributed by atoms with E-state index in [4.69, 9.17) is 4.74 Å². The fourth-order valence-corrected chi connectivity index (χ4v) is 8.10. The molecule has 0 saturated carbocycles. The summed E-state index contributed by atoms with van der Waals surface area (Å²) in [5.41, 5.74) is 0.0447. The van der Waals surface area contributed by atoms with Crippen molar-refractivity contribution in [3.05, 3.63) is 59.7 Å². The second kappa shape index (κ2) is 19.3. The summed E-state index contributed by atoms with van der Waals surface area (Å²) in [5, 5.41) is 7.96. The molecule has 1 aromatic rings. The first-order valence-corrected chi connectivity index (χ1v) is 20.0. The maximum absolute atomic E-state index is 14.6. The number of hydrogen-bond acceptors (Lipinski definition) is 8. The fraction of sp³-hybridized carbons (Fsp3) is 0.585. The molecule has 4 fully saturated rings. The van der Waals surface area contributed by atoms with Gasteiger partial charge >= 0.3 is 5.97 Å². The fourth-order valence-electron chi connectivity index (χ4n) is 8.10. The summed E-state index contributed by atoms with van der Waals surface area (Å²) in [6, 6.07) is -4.29. The Bertz CT molecular complexity index is 1750. The SMILES string of the molecule is CCC/C=C/C=C/C(=O)N[C@@H](Cc1cc(F)cc(F)c1)C(=O)NC1C(=O)N2CCC[C@H]2C(=O)N2CCCC[C@H]2C(=O)N[C@@H](C)C(=O)N2C[C@H](C)C[C@H]2C(=O)O[C@H]1C. The van der Waals surface area contributed by atoms with Crippen LogP contribution in [-0.4, -0.2) is 118 Å². The van der Waals surface area contributed by atoms with E-state index in [1.54, 1.807) is 6.08 Å². The first-order chi connectivity index (χ1) is 27.2. The lowest BCUT2D eigenvalue weighted by molar-refractivity contribution is -0.163. The van der Waals surface area contributed by atoms with Crippen molar-refractivity contribution < 1.29 is 47.1 Å². The number of benzene rings is 1. The van der Waals surface area contributed by atoms with Crippen LogP contribution in [-0.2, 0) is 44.7 Å². The number of esters is 1. The van der Waals surface area contributed by atoms with Crippen LogP contribution in [0.3, 0.4) is 0 Å². The summed E-state index contributed by atoms with van der Waals surface area (Å²) in [7, 11) is 0. The molecule has 0 aliphatic carbocycles. The third-order valence-corrected chi connectivity index (χ3v) is 11.0. The van der Waals surface area contributed by atoms with Crippen LogP contribution in [0.4, 0.5) is 8.78 Å². The zero-order chi connectivity index (χ0) is 41.4. The predicted molar refractivity (Wildman–Crippen MR) is 204 cm³/mol. The van der Waals surface area contributed by atoms with Gasteiger partial charge in [0, 0.05) is 38.2 Å². The molecule has 16 heteroatoms. The number of hydrogen-bond donors (Lipinski definition) is 3. The standard InChI is InChI=1S/C41H54F2N6O8/c1-5-6-7-8-9-15-34(50)45-30(21-27-19-28(42)22-29(43)20-27)36(51)46-35-26(4)57-41(56)33-18-24(2)23-49(33)38(53)25(3)44-37(52)31-13-10-11-16-47(31)39(54)32-14-12-17-48(32)40(35)55/h7-9,15,19-20,22,24-26,30-33,35H,5-6,10-14,16-18,21,23H2,1-4H3,(H,44,52)(H,45,50)(H,46,51)/b8-7+,15-9+/t24-,25+,26+,30+,31+,32+,33+,35?/m1/s1. The number of nitrogens with one attached hydrogen (secondary N) is 3. The van der Waals surface area contributed by atoms with Crippen LogP contribution in [0.1, 0.15) is 84.6 Å². The normalized spacial score (nSPS) is 28.2. The Balaban J connectivity index is 1.50. The number of carbonyl (C=O) groups excluding carboxylic acids is 7. The molecule has 0 aromatic heterocycles. The second-order valence-electron chi connectivity index (χ2n) is 15.6. The molecule has 310 valence electrons. The number of halogens is 2. The van der Waals surface area contributed by atoms with Crippen molar-refractivity contribution in [2.24, 2.45) is 5.92 Å². The number of allylic oxidation sites excluding steroid dienone is 3. The van der Waals surface area contributed by atoms with Gasteiger partial charge in [-0.15, -0.1) is 0 Å². The van der Waals surface area contributed by atoms with Crippen LogP contribution in [0.2, 0.25) is 0 Å². The van der Waals surface area contributed by atoms with Crippen LogP contribution in [0.15, 0.2) is 42.5 Å². The Kier molecular flexibility index (Phi) is 14.6. The molecule has 3 N–H and O–H groups in total. The van der Waals surface area contributed by atoms with Crippen LogP contribution < -0.4 is 16.0 Å². The zero-order valence-electron chi connectivity index (χ0n) is 33.0. The van der Waals surface area contributed by atoms with E-state index in [-0.39, 0.29) is 50.4 Å². The zero-order valence-corrected chi connectivity index (χ0v) is 33.0. The van der Waals surface area contributed by atoms with Gasteiger partial charge in [-0.1, -0.05) is 38.5 Å². The van der Waals surface area contributed by atoms with Crippen molar-refractivity contribution in [2.75, 3.05) is 19.6 Å². The van der Waals surface area contributed by atoms with E-state index in [0.717, 1.165) is 25.0 Å². The highest BCUT2D eigenvalue weighted by atomic mass is 19.1. The largest absolute Gasteiger partial charge is 0.458 e. The van der Waals surface area contributed by atoms with E-state index in [2.05, 4.69) is 16.0 Å². The van der Waals surface area contributed by atoms with E-state index < -0.39 is 95.4 Å². The van der Waals surface area contributed by atoms with Gasteiger partial charge in [0.2, 0.25) is 35.4 Å². The number of rotatable bonds is 9. The number of piperidine rings is 1. The third kappa shape index (κ3) is 10.6. The molecular formula is C41H54F2N6O8. The van der Waals surface area contributed by atoms with Gasteiger partial charge in [0.25, 0.3) is 0 Å². The number of nitrogens with zero attached hydrogens (tertiary/aromatic N) is 3. The average Bonchev–Trinajstić information content (AvgIpc) is 3.82. The van der Waals surface area contributed by atoms with E-state index >= 15 is 0 Å². The Labute approximate surface area is 331 Å². The highest BCUT2D eigenvalue weighted by Gasteiger charge is 2.47. The first kappa shape index (κ1) is 43.0. The second-order valence-corrected chi connectivity index (χ2v) is 15.6. The van der Waals surface area contributed by atoms with Gasteiger partial charge in [-0.25, -0.2) is 13.6 Å². The average molecular weight is 797 g/mol. The number of carbonyl (C=O) groups is 7. The summed E-state index contributed by atoms with van der Waals surface area (Å²) in [5.74, 6) is -6.55. The molecule has 8 atom stereocenters. The molecule has 1 unspecified atom stereocenters. The maximum Gasteiger partial charge on any atom is 0.329 e. The molecular weight excluding hydrogens is 742 g/mol. The Morgan fingerprint density at radius 2 is 1.56 bits per heavy atom. The van der Waals surface area contributed by atoms with E-state index in [1.165, 1.54) is 40.7 Å². The molecule has 4 aliphatic rings. The molecule has 4 heterocycles. The Morgan fingerprint density at radius 1 is 0.877 bits per heavy atom. The summed E-state index contributed by atoms with van der Waals surface area (Å²) in [4.78, 5) is 102. The number of ether oxygens (including phenoxy) is 1. The minimum absolute atomic E-state index is 0.0447. The molecule has 5 rings (SSSR count). The minimum Gasteiger partial charge on any atom is -0.458 e. The highest BCUT2D eigenvalue weighted by molar-refractivity contribution is 5.98. The summed E-state index contributed by atoms with van der Waals surface area (Å²) in [6.45, 7) is 7.40. The first-order valence-electron chi connectivity index (χ1n) is 20.0. The number of fused-ring (bicyclic) bond motifs is 3. The molecule has 57 heavy (non-hydrogen) atoms. The van der Waals surface area contributed by atoms with Crippen LogP contribution in [0.25, 0.3) is 0 Å². The van der Waals surface area contributed by atoms with Gasteiger partial charge in [0.05, 0.1) is 0 Å². The lowest BCUT2D eigenvalue weighted by Gasteiger charge is -2.39. The van der Waals surface area contributed by atoms with Gasteiger partial charge in [-0.2, -0.15) is 0 Å². The quantitative estimate of drug-likeness (QED) is 0.194. The smallest absolute Gasteiger partial charge is 0.329 e. The summed E-state index contributed by atoms with van der Waals surface area (Å²) in [6.07, 6.45) is 8.77. The Hall–Kier alpha value is -5.15. The number of cyclic esters (lactones) is 1. The van der Waals surface area contributed by atoms with Crippen molar-refractivity contribution in [2.45, 2.75) is 128 Å². The lowest BCUT2D eigenvalue weighted by atomic mass is 9.99. The number of unbranched alkanes of at least 4 members (excludes halogenated alkanes) is 1. The molecule has 0 bridgehead atoms.